The molecule has 0 saturated carbocycles. The molecule has 1 aliphatic rings. The van der Waals surface area contributed by atoms with Crippen LogP contribution >= 0.6 is 34.8 Å². The van der Waals surface area contributed by atoms with Crippen molar-refractivity contribution in [1.29, 1.82) is 0 Å². The number of amides is 2. The Labute approximate surface area is 416 Å². The number of hydrogen-bond donors (Lipinski definition) is 10. The predicted octanol–water partition coefficient (Wildman–Crippen LogP) is 2.41. The van der Waals surface area contributed by atoms with Gasteiger partial charge in [0, 0.05) is 50.5 Å². The lowest BCUT2D eigenvalue weighted by Gasteiger charge is -2.19. The van der Waals surface area contributed by atoms with Gasteiger partial charge in [0.2, 0.25) is 11.8 Å². The highest BCUT2D eigenvalue weighted by molar-refractivity contribution is 7.85. The SMILES string of the molecule is O=C(CCCCCNC(=O)CCCNCCOc1ccc2oc(=O)c(-c3nc4ccc(S(=O)(=O)O)cc4s3)cc2c1)NC/C=C/c1cn([C@H]2C[C@H](O)[C@@H](COP(=O)(O)OP(=O)(O)OP(=O)(O)O)O2)c(=O)[nH]c1=O. The van der Waals surface area contributed by atoms with Crippen molar-refractivity contribution in [1.82, 2.24) is 30.5 Å². The van der Waals surface area contributed by atoms with E-state index >= 15 is 0 Å². The first-order valence-corrected chi connectivity index (χ1v) is 28.6. The number of phosphoric acid groups is 3. The van der Waals surface area contributed by atoms with E-state index in [1.165, 1.54) is 30.4 Å². The number of phosphoric ester groups is 1. The number of ether oxygens (including phenoxy) is 2. The second kappa shape index (κ2) is 25.0. The number of aromatic nitrogens is 3. The van der Waals surface area contributed by atoms with Crippen molar-refractivity contribution in [2.24, 2.45) is 0 Å². The highest BCUT2D eigenvalue weighted by atomic mass is 32.2. The summed E-state index contributed by atoms with van der Waals surface area (Å²) in [5, 5.41) is 20.0. The molecule has 10 N–H and O–H groups in total. The fourth-order valence-electron chi connectivity index (χ4n) is 6.95. The molecule has 2 amide bonds. The zero-order valence-corrected chi connectivity index (χ0v) is 42.3. The lowest BCUT2D eigenvalue weighted by Crippen LogP contribution is -2.33. The molecular weight excluding hydrogens is 1070 g/mol. The van der Waals surface area contributed by atoms with Crippen molar-refractivity contribution < 1.29 is 88.0 Å². The molecule has 73 heavy (non-hydrogen) atoms. The van der Waals surface area contributed by atoms with Crippen molar-refractivity contribution >= 4 is 84.0 Å². The summed E-state index contributed by atoms with van der Waals surface area (Å²) in [5.41, 5.74) is -1.44. The molecule has 28 nitrogen and oxygen atoms in total. The van der Waals surface area contributed by atoms with Gasteiger partial charge in [-0.1, -0.05) is 18.6 Å². The molecule has 1 saturated heterocycles. The van der Waals surface area contributed by atoms with Gasteiger partial charge in [-0.05, 0) is 68.3 Å². The van der Waals surface area contributed by atoms with Gasteiger partial charge in [-0.2, -0.15) is 17.0 Å². The second-order valence-electron chi connectivity index (χ2n) is 15.9. The first-order chi connectivity index (χ1) is 34.3. The Morgan fingerprint density at radius 1 is 0.918 bits per heavy atom. The number of aliphatic hydroxyl groups is 1. The van der Waals surface area contributed by atoms with Crippen LogP contribution in [0.3, 0.4) is 0 Å². The molecule has 4 heterocycles. The van der Waals surface area contributed by atoms with Crippen molar-refractivity contribution in [2.45, 2.75) is 68.3 Å². The van der Waals surface area contributed by atoms with E-state index in [2.05, 4.69) is 39.1 Å². The quantitative estimate of drug-likeness (QED) is 0.0156. The molecule has 0 radical (unpaired) electrons. The molecule has 33 heteroatoms. The molecule has 0 spiro atoms. The third-order valence-electron chi connectivity index (χ3n) is 10.3. The number of fused-ring (bicyclic) bond motifs is 2. The van der Waals surface area contributed by atoms with Crippen molar-refractivity contribution in [3.8, 4) is 16.3 Å². The summed E-state index contributed by atoms with van der Waals surface area (Å²) < 4.78 is 96.8. The fourth-order valence-corrected chi connectivity index (χ4v) is 11.6. The lowest BCUT2D eigenvalue weighted by atomic mass is 10.2. The van der Waals surface area contributed by atoms with Crippen LogP contribution in [0.5, 0.6) is 5.75 Å². The number of H-pyrrole nitrogens is 1. The number of carbonyl (C=O) groups excluding carboxylic acids is 2. The van der Waals surface area contributed by atoms with Crippen LogP contribution in [0.25, 0.3) is 37.8 Å². The van der Waals surface area contributed by atoms with Gasteiger partial charge in [0.15, 0.2) is 0 Å². The minimum atomic E-state index is -5.78. The van der Waals surface area contributed by atoms with Gasteiger partial charge in [0.1, 0.15) is 35.3 Å². The maximum Gasteiger partial charge on any atom is 0.490 e. The second-order valence-corrected chi connectivity index (χ2v) is 22.8. The summed E-state index contributed by atoms with van der Waals surface area (Å²) in [4.78, 5) is 105. The summed E-state index contributed by atoms with van der Waals surface area (Å²) >= 11 is 1.08. The normalized spacial score (nSPS) is 18.0. The number of carbonyl (C=O) groups is 2. The molecule has 0 bridgehead atoms. The number of thiazole rings is 1. The molecule has 398 valence electrons. The minimum absolute atomic E-state index is 0.0212. The number of nitrogens with zero attached hydrogens (tertiary/aromatic N) is 2. The van der Waals surface area contributed by atoms with E-state index in [1.807, 2.05) is 0 Å². The van der Waals surface area contributed by atoms with Gasteiger partial charge < -0.3 is 54.5 Å². The van der Waals surface area contributed by atoms with E-state index in [0.29, 0.717) is 90.3 Å². The van der Waals surface area contributed by atoms with Crippen molar-refractivity contribution in [3.05, 3.63) is 91.6 Å². The van der Waals surface area contributed by atoms with Crippen LogP contribution in [0.15, 0.2) is 78.4 Å². The van der Waals surface area contributed by atoms with Gasteiger partial charge in [0.25, 0.3) is 15.7 Å². The number of unbranched alkanes of at least 4 members (excludes halogenated alkanes) is 2. The number of aliphatic hydroxyl groups excluding tert-OH is 1. The summed E-state index contributed by atoms with van der Waals surface area (Å²) in [7, 11) is -21.3. The van der Waals surface area contributed by atoms with E-state index in [-0.39, 0.29) is 47.2 Å². The van der Waals surface area contributed by atoms with Crippen LogP contribution < -0.4 is 37.6 Å². The molecule has 5 aromatic rings. The van der Waals surface area contributed by atoms with Gasteiger partial charge in [-0.15, -0.1) is 11.3 Å². The van der Waals surface area contributed by atoms with Crippen LogP contribution in [0.1, 0.15) is 56.7 Å². The maximum atomic E-state index is 12.8. The average molecular weight is 1120 g/mol. The summed E-state index contributed by atoms with van der Waals surface area (Å²) in [6, 6.07) is 10.5. The van der Waals surface area contributed by atoms with Crippen molar-refractivity contribution in [2.75, 3.05) is 39.4 Å². The number of nitrogens with one attached hydrogen (secondary N) is 4. The number of aromatic amines is 1. The third kappa shape index (κ3) is 17.5. The lowest BCUT2D eigenvalue weighted by molar-refractivity contribution is -0.122. The maximum absolute atomic E-state index is 12.8. The minimum Gasteiger partial charge on any atom is -0.492 e. The Kier molecular flexibility index (Phi) is 19.5. The fraction of sp³-hybridized carbons (Fsp3) is 0.400. The number of rotatable bonds is 27. The molecule has 6 rings (SSSR count). The van der Waals surface area contributed by atoms with E-state index in [1.54, 1.807) is 24.3 Å². The standard InChI is InChI=1S/C40H49N6O22P3S2/c47-30-21-36(65-32(30)23-64-70(56,57)68-71(58,59)67-69(53,54)55)46-22-24(37(50)45-40(46)52)6-4-15-43-34(48)7-2-1-3-14-42-35(49)8-5-13-41-16-17-63-26-9-12-31-25(18-26)19-28(39(51)66-31)38-44-29-11-10-27(73(60,61)62)20-33(29)72-38/h4,6,9-12,18-20,22,30,32,36,41,47H,1-3,5,7-8,13-17,21,23H2,(H,42,49)(H,43,48)(H,56,57)(H,58,59)(H,45,50,52)(H2,53,54,55)(H,60,61,62)/b6-4+/t30-,32+,36+/m0/s1. The van der Waals surface area contributed by atoms with Crippen LogP contribution in [0.4, 0.5) is 0 Å². The molecular formula is C40H49N6O22P3S2. The average Bonchev–Trinajstić information content (AvgIpc) is 3.89. The Balaban J connectivity index is 0.813. The van der Waals surface area contributed by atoms with Gasteiger partial charge in [-0.25, -0.2) is 28.3 Å². The third-order valence-corrected chi connectivity index (χ3v) is 16.0. The van der Waals surface area contributed by atoms with E-state index in [9.17, 15) is 65.5 Å². The van der Waals surface area contributed by atoms with Crippen molar-refractivity contribution in [3.63, 3.8) is 0 Å². The Morgan fingerprint density at radius 3 is 2.42 bits per heavy atom. The topological polar surface area (TPSA) is 421 Å². The number of hydrogen-bond acceptors (Lipinski definition) is 20. The first-order valence-electron chi connectivity index (χ1n) is 21.8. The molecule has 2 unspecified atom stereocenters. The largest absolute Gasteiger partial charge is 0.492 e. The van der Waals surface area contributed by atoms with Gasteiger partial charge >= 0.3 is 34.8 Å². The smallest absolute Gasteiger partial charge is 0.490 e. The van der Waals surface area contributed by atoms with E-state index in [0.717, 1.165) is 22.1 Å². The van der Waals surface area contributed by atoms with E-state index in [4.69, 9.17) is 23.7 Å². The predicted molar refractivity (Wildman–Crippen MR) is 258 cm³/mol. The Hall–Kier alpha value is -5.10. The summed E-state index contributed by atoms with van der Waals surface area (Å²) in [6.45, 7) is 0.848. The summed E-state index contributed by atoms with van der Waals surface area (Å²) in [5.74, 6) is 0.141. The zero-order chi connectivity index (χ0) is 53.1. The number of benzene rings is 2. The molecule has 1 fully saturated rings. The van der Waals surface area contributed by atoms with Crippen LogP contribution in [-0.2, 0) is 51.3 Å². The molecule has 1 aliphatic heterocycles. The summed E-state index contributed by atoms with van der Waals surface area (Å²) in [6.07, 6.45) is 2.40. The molecule has 0 aliphatic carbocycles. The van der Waals surface area contributed by atoms with Crippen LogP contribution in [0, 0.1) is 0 Å². The first kappa shape index (κ1) is 57.2. The zero-order valence-electron chi connectivity index (χ0n) is 38.0. The highest BCUT2D eigenvalue weighted by Gasteiger charge is 2.43. The monoisotopic (exact) mass is 1120 g/mol. The van der Waals surface area contributed by atoms with Crippen LogP contribution in [-0.4, -0.2) is 116 Å². The Bertz CT molecular complexity index is 3280. The Morgan fingerprint density at radius 2 is 1.67 bits per heavy atom. The van der Waals surface area contributed by atoms with E-state index < -0.39 is 75.5 Å². The highest BCUT2D eigenvalue weighted by Crippen LogP contribution is 2.66. The van der Waals surface area contributed by atoms with Crippen LogP contribution in [0.2, 0.25) is 0 Å². The van der Waals surface area contributed by atoms with Gasteiger partial charge in [0.05, 0.1) is 38.9 Å². The van der Waals surface area contributed by atoms with Gasteiger partial charge in [-0.3, -0.25) is 33.0 Å². The molecule has 2 aromatic carbocycles. The molecule has 5 atom stereocenters. The molecule has 3 aromatic heterocycles.